The van der Waals surface area contributed by atoms with Gasteiger partial charge in [-0.1, -0.05) is 0 Å². The first kappa shape index (κ1) is 21.4. The van der Waals surface area contributed by atoms with Crippen LogP contribution in [0.4, 0.5) is 0 Å². The minimum absolute atomic E-state index is 0.186. The fourth-order valence-corrected chi connectivity index (χ4v) is 2.75. The summed E-state index contributed by atoms with van der Waals surface area (Å²) >= 11 is 0. The van der Waals surface area contributed by atoms with E-state index in [0.29, 0.717) is 0 Å². The zero-order valence-corrected chi connectivity index (χ0v) is 14.0. The molecular formula is C14H25NO11. The smallest absolute Gasteiger partial charge is 0.216 e. The predicted molar refractivity (Wildman–Crippen MR) is 80.2 cm³/mol. The van der Waals surface area contributed by atoms with E-state index in [-0.39, 0.29) is 6.54 Å². The normalized spacial score (nSPS) is 46.8. The van der Waals surface area contributed by atoms with E-state index in [0.717, 1.165) is 0 Å². The molecule has 0 spiro atoms. The first-order valence-electron chi connectivity index (χ1n) is 8.07. The molecule has 0 aromatic carbocycles. The molecule has 26 heavy (non-hydrogen) atoms. The number of hydrogen-bond donors (Lipinski definition) is 8. The molecule has 2 rings (SSSR count). The lowest BCUT2D eigenvalue weighted by Gasteiger charge is -2.44. The number of rotatable bonds is 5. The van der Waals surface area contributed by atoms with E-state index in [2.05, 4.69) is 5.32 Å². The van der Waals surface area contributed by atoms with Crippen LogP contribution < -0.4 is 5.32 Å². The molecule has 2 aliphatic rings. The number of nitrogens with one attached hydrogen (secondary N) is 1. The Kier molecular flexibility index (Phi) is 7.27. The van der Waals surface area contributed by atoms with Crippen LogP contribution in [0.3, 0.4) is 0 Å². The highest BCUT2D eigenvalue weighted by molar-refractivity contribution is 5.72. The maximum absolute atomic E-state index is 11.0. The lowest BCUT2D eigenvalue weighted by atomic mass is 9.98. The van der Waals surface area contributed by atoms with E-state index < -0.39 is 73.9 Å². The van der Waals surface area contributed by atoms with Crippen LogP contribution in [-0.4, -0.2) is 116 Å². The predicted octanol–water partition coefficient (Wildman–Crippen LogP) is -5.25. The van der Waals surface area contributed by atoms with Crippen molar-refractivity contribution in [3.05, 3.63) is 0 Å². The van der Waals surface area contributed by atoms with E-state index >= 15 is 0 Å². The number of carbonyl (C=O) groups is 1. The molecule has 1 amide bonds. The van der Waals surface area contributed by atoms with Crippen molar-refractivity contribution in [1.82, 2.24) is 5.32 Å². The molecule has 2 fully saturated rings. The van der Waals surface area contributed by atoms with Crippen LogP contribution in [0, 0.1) is 0 Å². The Morgan fingerprint density at radius 2 is 1.31 bits per heavy atom. The molecule has 0 bridgehead atoms. The van der Waals surface area contributed by atoms with Gasteiger partial charge in [0.15, 0.2) is 12.6 Å². The first-order chi connectivity index (χ1) is 12.2. The minimum Gasteiger partial charge on any atom is -0.394 e. The molecule has 2 heterocycles. The average Bonchev–Trinajstić information content (AvgIpc) is 2.61. The summed E-state index contributed by atoms with van der Waals surface area (Å²) in [7, 11) is 0. The maximum atomic E-state index is 11.0. The van der Waals surface area contributed by atoms with Gasteiger partial charge in [-0.2, -0.15) is 0 Å². The van der Waals surface area contributed by atoms with Crippen LogP contribution in [0.25, 0.3) is 0 Å². The van der Waals surface area contributed by atoms with Crippen LogP contribution in [0.5, 0.6) is 0 Å². The Bertz CT molecular complexity index is 478. The number of aliphatic hydroxyl groups excluding tert-OH is 7. The van der Waals surface area contributed by atoms with E-state index in [1.54, 1.807) is 0 Å². The standard InChI is InChI=1S/C14H25NO11/c1-4(17)15-2-5-7(18)9(20)11(22)13(24-5)26-14-12(23)10(21)8(19)6(3-16)25-14/h5-14,16,18-23H,2-3H2,1H3,(H,15,17)/t5?,6?,7?,8?,9-,10?,11?,12?,13?,14?/m0/s1. The summed E-state index contributed by atoms with van der Waals surface area (Å²) in [5, 5.41) is 70.8. The quantitative estimate of drug-likeness (QED) is 0.226. The lowest BCUT2D eigenvalue weighted by Crippen LogP contribution is -2.64. The molecule has 152 valence electrons. The van der Waals surface area contributed by atoms with Crippen molar-refractivity contribution >= 4 is 5.91 Å². The minimum atomic E-state index is -1.73. The second-order valence-corrected chi connectivity index (χ2v) is 6.29. The van der Waals surface area contributed by atoms with Crippen molar-refractivity contribution in [3.8, 4) is 0 Å². The van der Waals surface area contributed by atoms with E-state index in [4.69, 9.17) is 19.3 Å². The fraction of sp³-hybridized carbons (Fsp3) is 0.929. The Morgan fingerprint density at radius 3 is 1.77 bits per heavy atom. The summed E-state index contributed by atoms with van der Waals surface area (Å²) in [6, 6.07) is 0. The van der Waals surface area contributed by atoms with Crippen LogP contribution in [-0.2, 0) is 19.0 Å². The molecule has 12 heteroatoms. The van der Waals surface area contributed by atoms with Crippen LogP contribution in [0.15, 0.2) is 0 Å². The van der Waals surface area contributed by atoms with Crippen LogP contribution >= 0.6 is 0 Å². The van der Waals surface area contributed by atoms with Crippen molar-refractivity contribution in [2.75, 3.05) is 13.2 Å². The third-order valence-corrected chi connectivity index (χ3v) is 4.34. The zero-order valence-electron chi connectivity index (χ0n) is 14.0. The molecule has 0 aromatic rings. The van der Waals surface area contributed by atoms with Crippen molar-refractivity contribution in [3.63, 3.8) is 0 Å². The molecule has 8 N–H and O–H groups in total. The lowest BCUT2D eigenvalue weighted by molar-refractivity contribution is -0.374. The summed E-state index contributed by atoms with van der Waals surface area (Å²) in [6.45, 7) is 0.378. The molecule has 2 saturated heterocycles. The van der Waals surface area contributed by atoms with Gasteiger partial charge in [-0.05, 0) is 0 Å². The number of ether oxygens (including phenoxy) is 3. The fourth-order valence-electron chi connectivity index (χ4n) is 2.75. The third kappa shape index (κ3) is 4.48. The molecule has 10 atom stereocenters. The summed E-state index contributed by atoms with van der Waals surface area (Å²) < 4.78 is 15.7. The van der Waals surface area contributed by atoms with Crippen LogP contribution in [0.1, 0.15) is 6.92 Å². The van der Waals surface area contributed by atoms with Gasteiger partial charge in [-0.25, -0.2) is 0 Å². The van der Waals surface area contributed by atoms with Gasteiger partial charge in [0.1, 0.15) is 48.8 Å². The first-order valence-corrected chi connectivity index (χ1v) is 8.07. The van der Waals surface area contributed by atoms with Crippen molar-refractivity contribution in [2.45, 2.75) is 68.3 Å². The van der Waals surface area contributed by atoms with Crippen molar-refractivity contribution in [2.24, 2.45) is 0 Å². The number of hydrogen-bond acceptors (Lipinski definition) is 11. The highest BCUT2D eigenvalue weighted by Crippen LogP contribution is 2.27. The Labute approximate surface area is 148 Å². The van der Waals surface area contributed by atoms with Gasteiger partial charge in [0.05, 0.1) is 6.61 Å². The SMILES string of the molecule is CC(=O)NCC1OC(OC2OC(CO)C(O)C(O)C2O)C(O)[C@@H](O)C1O. The maximum Gasteiger partial charge on any atom is 0.216 e. The van der Waals surface area contributed by atoms with E-state index in [9.17, 15) is 35.4 Å². The highest BCUT2D eigenvalue weighted by Gasteiger charge is 2.49. The summed E-state index contributed by atoms with van der Waals surface area (Å²) in [6.07, 6.45) is -15.5. The monoisotopic (exact) mass is 383 g/mol. The number of amides is 1. The molecular weight excluding hydrogens is 358 g/mol. The molecule has 12 nitrogen and oxygen atoms in total. The highest BCUT2D eigenvalue weighted by atomic mass is 16.8. The topological polar surface area (TPSA) is 198 Å². The summed E-state index contributed by atoms with van der Waals surface area (Å²) in [5.41, 5.74) is 0. The molecule has 9 unspecified atom stereocenters. The average molecular weight is 383 g/mol. The molecule has 2 aliphatic heterocycles. The van der Waals surface area contributed by atoms with Gasteiger partial charge in [0.2, 0.25) is 5.91 Å². The van der Waals surface area contributed by atoms with Gasteiger partial charge >= 0.3 is 0 Å². The van der Waals surface area contributed by atoms with Gasteiger partial charge in [0.25, 0.3) is 0 Å². The Morgan fingerprint density at radius 1 is 0.846 bits per heavy atom. The van der Waals surface area contributed by atoms with Crippen LogP contribution in [0.2, 0.25) is 0 Å². The summed E-state index contributed by atoms with van der Waals surface area (Å²) in [5.74, 6) is -0.409. The second-order valence-electron chi connectivity index (χ2n) is 6.29. The number of carbonyl (C=O) groups excluding carboxylic acids is 1. The van der Waals surface area contributed by atoms with Crippen molar-refractivity contribution < 1.29 is 54.8 Å². The Balaban J connectivity index is 2.07. The van der Waals surface area contributed by atoms with E-state index in [1.807, 2.05) is 0 Å². The van der Waals surface area contributed by atoms with Gasteiger partial charge < -0.3 is 55.3 Å². The Hall–Kier alpha value is -0.930. The zero-order chi connectivity index (χ0) is 19.6. The largest absolute Gasteiger partial charge is 0.394 e. The number of aliphatic hydroxyl groups is 7. The van der Waals surface area contributed by atoms with Gasteiger partial charge in [0, 0.05) is 13.5 Å². The molecule has 0 radical (unpaired) electrons. The third-order valence-electron chi connectivity index (χ3n) is 4.34. The molecule has 0 aromatic heterocycles. The van der Waals surface area contributed by atoms with Gasteiger partial charge in [-0.15, -0.1) is 0 Å². The second kappa shape index (κ2) is 8.84. The molecule has 0 aliphatic carbocycles. The van der Waals surface area contributed by atoms with E-state index in [1.165, 1.54) is 6.92 Å². The van der Waals surface area contributed by atoms with Gasteiger partial charge in [-0.3, -0.25) is 4.79 Å². The molecule has 0 saturated carbocycles. The summed E-state index contributed by atoms with van der Waals surface area (Å²) in [4.78, 5) is 11.0. The van der Waals surface area contributed by atoms with Crippen molar-refractivity contribution in [1.29, 1.82) is 0 Å².